The van der Waals surface area contributed by atoms with Crippen molar-refractivity contribution in [2.45, 2.75) is 12.8 Å². The highest BCUT2D eigenvalue weighted by molar-refractivity contribution is 7.92. The lowest BCUT2D eigenvalue weighted by Crippen LogP contribution is -2.25. The Bertz CT molecular complexity index is 81.1. The lowest BCUT2D eigenvalue weighted by Gasteiger charge is -2.12. The molecule has 1 aliphatic heterocycles. The van der Waals surface area contributed by atoms with Crippen molar-refractivity contribution in [2.75, 3.05) is 24.7 Å². The Morgan fingerprint density at radius 2 is 1.80 bits per heavy atom. The summed E-state index contributed by atoms with van der Waals surface area (Å²) in [4.78, 5) is 0. The quantitative estimate of drug-likeness (QED) is 0.301. The Hall–Kier alpha value is 0.230. The first-order valence-corrected chi connectivity index (χ1v) is 4.98. The minimum Gasteiger partial charge on any atom is -0.672 e. The van der Waals surface area contributed by atoms with Crippen LogP contribution in [-0.4, -0.2) is 24.7 Å². The van der Waals surface area contributed by atoms with Gasteiger partial charge in [0.25, 0.3) is 0 Å². The Labute approximate surface area is 63.8 Å². The number of ether oxygens (including phenoxy) is 1. The second-order valence-electron chi connectivity index (χ2n) is 2.24. The van der Waals surface area contributed by atoms with E-state index in [4.69, 9.17) is 4.74 Å². The monoisotopic (exact) mass is 164 g/mol. The Kier molecular flexibility index (Phi) is 4.13. The zero-order valence-electron chi connectivity index (χ0n) is 5.88. The van der Waals surface area contributed by atoms with Crippen LogP contribution in [0.4, 0.5) is 0 Å². The minimum absolute atomic E-state index is 0.316. The van der Waals surface area contributed by atoms with Crippen molar-refractivity contribution in [3.8, 4) is 0 Å². The first kappa shape index (κ1) is 8.33. The molecule has 10 heavy (non-hydrogen) atoms. The largest absolute Gasteiger partial charge is 0.672 e. The Morgan fingerprint density at radius 3 is 2.30 bits per heavy atom. The topological polar surface area (TPSA) is 41.5 Å². The van der Waals surface area contributed by atoms with E-state index < -0.39 is 0 Å². The van der Waals surface area contributed by atoms with Gasteiger partial charge in [0.1, 0.15) is 22.7 Å². The minimum atomic E-state index is -0.316. The van der Waals surface area contributed by atoms with Gasteiger partial charge in [0.2, 0.25) is 0 Å². The summed E-state index contributed by atoms with van der Waals surface area (Å²) in [5, 5.41) is 10.0. The highest BCUT2D eigenvalue weighted by Crippen LogP contribution is 2.04. The number of rotatable bonds is 1. The Morgan fingerprint density at radius 1 is 1.20 bits per heavy atom. The smallest absolute Gasteiger partial charge is 0.142 e. The van der Waals surface area contributed by atoms with Gasteiger partial charge >= 0.3 is 0 Å². The van der Waals surface area contributed by atoms with Gasteiger partial charge in [0.15, 0.2) is 0 Å². The molecule has 1 fully saturated rings. The molecule has 1 aliphatic rings. The lowest BCUT2D eigenvalue weighted by atomic mass is 10.5. The summed E-state index contributed by atoms with van der Waals surface area (Å²) in [6.45, 7) is 1.57. The average Bonchev–Trinajstić information content (AvgIpc) is 1.87. The predicted octanol–water partition coefficient (Wildman–Crippen LogP) is -0.378. The van der Waals surface area contributed by atoms with Crippen LogP contribution in [0.2, 0.25) is 0 Å². The van der Waals surface area contributed by atoms with Gasteiger partial charge in [0.05, 0.1) is 13.2 Å². The molecule has 0 radical (unpaired) electrons. The molecule has 0 N–H and O–H groups in total. The summed E-state index contributed by atoms with van der Waals surface area (Å²) in [6, 6.07) is 0. The molecule has 0 atom stereocenters. The van der Waals surface area contributed by atoms with Gasteiger partial charge in [0, 0.05) is 12.8 Å². The van der Waals surface area contributed by atoms with Gasteiger partial charge in [-0.3, -0.25) is 0 Å². The van der Waals surface area contributed by atoms with Crippen LogP contribution in [0.1, 0.15) is 12.8 Å². The summed E-state index contributed by atoms with van der Waals surface area (Å²) in [6.07, 6.45) is 1.93. The molecule has 0 unspecified atom stereocenters. The third kappa shape index (κ3) is 2.88. The molecule has 0 aromatic rings. The van der Waals surface area contributed by atoms with Crippen LogP contribution in [0.3, 0.4) is 0 Å². The molecule has 0 amide bonds. The molecule has 0 aromatic carbocycles. The Balaban J connectivity index is 2.16. The molecule has 0 saturated carbocycles. The van der Waals surface area contributed by atoms with Crippen molar-refractivity contribution < 1.29 is 14.3 Å². The highest BCUT2D eigenvalue weighted by Gasteiger charge is 2.17. The van der Waals surface area contributed by atoms with E-state index in [1.54, 1.807) is 0 Å². The molecule has 4 heteroatoms. The van der Waals surface area contributed by atoms with Crippen LogP contribution in [0, 0.1) is 0 Å². The van der Waals surface area contributed by atoms with E-state index in [0.717, 1.165) is 37.6 Å². The van der Waals surface area contributed by atoms with E-state index in [0.29, 0.717) is 0 Å². The highest BCUT2D eigenvalue weighted by atomic mass is 32.2. The molecule has 1 saturated heterocycles. The third-order valence-electron chi connectivity index (χ3n) is 1.42. The lowest BCUT2D eigenvalue weighted by molar-refractivity contribution is -0.632. The van der Waals surface area contributed by atoms with Crippen LogP contribution in [0.15, 0.2) is 0 Å². The fourth-order valence-electron chi connectivity index (χ4n) is 0.916. The summed E-state index contributed by atoms with van der Waals surface area (Å²) in [7, 11) is 0. The zero-order valence-corrected chi connectivity index (χ0v) is 6.69. The second kappa shape index (κ2) is 4.96. The molecule has 1 heterocycles. The van der Waals surface area contributed by atoms with Crippen molar-refractivity contribution >= 4 is 11.2 Å². The molecule has 0 bridgehead atoms. The van der Waals surface area contributed by atoms with Crippen molar-refractivity contribution in [1.29, 1.82) is 0 Å². The summed E-state index contributed by atoms with van der Waals surface area (Å²) in [5.74, 6) is 1.76. The number of hydrogen-bond donors (Lipinski definition) is 0. The molecule has 0 spiro atoms. The second-order valence-corrected chi connectivity index (χ2v) is 4.07. The van der Waals surface area contributed by atoms with E-state index in [1.807, 2.05) is 0 Å². The van der Waals surface area contributed by atoms with E-state index >= 15 is 0 Å². The average molecular weight is 164 g/mol. The first-order chi connectivity index (χ1) is 4.93. The van der Waals surface area contributed by atoms with Crippen LogP contribution in [0.5, 0.6) is 0 Å². The van der Waals surface area contributed by atoms with Crippen LogP contribution < -0.4 is 5.26 Å². The maximum Gasteiger partial charge on any atom is 0.142 e. The van der Waals surface area contributed by atoms with E-state index in [2.05, 4.69) is 4.33 Å². The maximum absolute atomic E-state index is 10.0. The molecule has 0 aromatic heterocycles. The van der Waals surface area contributed by atoms with Crippen molar-refractivity contribution in [2.24, 2.45) is 0 Å². The zero-order chi connectivity index (χ0) is 7.23. The fourth-order valence-corrected chi connectivity index (χ4v) is 2.14. The normalized spacial score (nSPS) is 23.7. The van der Waals surface area contributed by atoms with Crippen LogP contribution in [0.25, 0.3) is 0 Å². The van der Waals surface area contributed by atoms with Gasteiger partial charge in [-0.05, 0) is 0 Å². The molecular weight excluding hydrogens is 152 g/mol. The molecule has 1 rings (SSSR count). The van der Waals surface area contributed by atoms with Crippen molar-refractivity contribution in [3.05, 3.63) is 0 Å². The van der Waals surface area contributed by atoms with Gasteiger partial charge in [-0.15, -0.1) is 0 Å². The molecule has 60 valence electrons. The van der Waals surface area contributed by atoms with Crippen LogP contribution in [-0.2, 0) is 20.2 Å². The fraction of sp³-hybridized carbons (Fsp3) is 1.00. The molecule has 3 nitrogen and oxygen atoms in total. The van der Waals surface area contributed by atoms with Crippen LogP contribution >= 0.6 is 0 Å². The SMILES string of the molecule is [O-]O[S+]1CCCOCCC1. The van der Waals surface area contributed by atoms with Gasteiger partial charge in [-0.1, -0.05) is 0 Å². The molecule has 0 aliphatic carbocycles. The third-order valence-corrected chi connectivity index (χ3v) is 3.10. The summed E-state index contributed by atoms with van der Waals surface area (Å²) >= 11 is -0.316. The van der Waals surface area contributed by atoms with E-state index in [9.17, 15) is 5.26 Å². The first-order valence-electron chi connectivity index (χ1n) is 3.49. The standard InChI is InChI=1S/C6H12O3S/c7-9-10-5-1-3-8-4-2-6-10/h1-6H2. The summed E-state index contributed by atoms with van der Waals surface area (Å²) < 4.78 is 9.26. The summed E-state index contributed by atoms with van der Waals surface area (Å²) in [5.41, 5.74) is 0. The number of hydrogen-bond acceptors (Lipinski definition) is 3. The van der Waals surface area contributed by atoms with E-state index in [-0.39, 0.29) is 11.2 Å². The van der Waals surface area contributed by atoms with Crippen molar-refractivity contribution in [3.63, 3.8) is 0 Å². The van der Waals surface area contributed by atoms with Gasteiger partial charge in [-0.25, -0.2) is 4.33 Å². The van der Waals surface area contributed by atoms with E-state index in [1.165, 1.54) is 0 Å². The van der Waals surface area contributed by atoms with Gasteiger partial charge in [-0.2, -0.15) is 0 Å². The van der Waals surface area contributed by atoms with Gasteiger partial charge < -0.3 is 9.99 Å². The maximum atomic E-state index is 10.0. The van der Waals surface area contributed by atoms with Crippen molar-refractivity contribution in [1.82, 2.24) is 0 Å². The predicted molar refractivity (Wildman–Crippen MR) is 38.2 cm³/mol. The molecular formula is C6H12O3S.